The van der Waals surface area contributed by atoms with Crippen LogP contribution in [0.5, 0.6) is 0 Å². The monoisotopic (exact) mass is 1170 g/mol. The fourth-order valence-corrected chi connectivity index (χ4v) is 10.4. The fourth-order valence-electron chi connectivity index (χ4n) is 10.4. The number of rotatable bonds is 43. The van der Waals surface area contributed by atoms with Gasteiger partial charge in [0.15, 0.2) is 18.3 Å². The predicted molar refractivity (Wildman–Crippen MR) is 297 cm³/mol. The molecule has 0 aromatic rings. The number of hydrogen-bond donors (Lipinski definition) is 14. The highest BCUT2D eigenvalue weighted by Crippen LogP contribution is 2.39. The number of hydrogen-bond acceptors (Lipinski definition) is 20. The topological polar surface area (TPSA) is 373 Å². The van der Waals surface area contributed by atoms with Gasteiger partial charge in [0.05, 0.1) is 38.1 Å². The van der Waals surface area contributed by atoms with Crippen LogP contribution in [-0.2, 0) is 42.8 Å². The van der Waals surface area contributed by atoms with Crippen molar-refractivity contribution in [2.75, 3.05) is 26.4 Å². The van der Waals surface area contributed by atoms with Crippen LogP contribution in [0.2, 0.25) is 0 Å². The Labute approximate surface area is 480 Å². The van der Waals surface area contributed by atoms with Gasteiger partial charge in [-0.15, -0.1) is 0 Å². The van der Waals surface area contributed by atoms with Crippen molar-refractivity contribution in [2.45, 2.75) is 304 Å². The number of aliphatic carboxylic acids is 1. The molecule has 0 aromatic carbocycles. The van der Waals surface area contributed by atoms with Crippen molar-refractivity contribution in [1.82, 2.24) is 10.6 Å². The summed E-state index contributed by atoms with van der Waals surface area (Å²) in [5, 5.41) is 133. The third kappa shape index (κ3) is 25.1. The van der Waals surface area contributed by atoms with Crippen molar-refractivity contribution in [3.63, 3.8) is 0 Å². The summed E-state index contributed by atoms with van der Waals surface area (Å²) in [4.78, 5) is 39.5. The van der Waals surface area contributed by atoms with Crippen molar-refractivity contribution in [1.29, 1.82) is 0 Å². The molecular weight excluding hydrogens is 1060 g/mol. The minimum Gasteiger partial charge on any atom is -0.477 e. The van der Waals surface area contributed by atoms with Gasteiger partial charge in [0.25, 0.3) is 5.79 Å². The van der Waals surface area contributed by atoms with Crippen LogP contribution in [0.4, 0.5) is 0 Å². The van der Waals surface area contributed by atoms with Crippen molar-refractivity contribution in [2.24, 2.45) is 5.92 Å². The standard InChI is InChI=1S/C58H106N2O21/c1-5-7-8-9-10-11-12-13-14-15-16-17-22-25-28-31-44(64)59-40(41(62)30-27-24-21-19-18-20-23-26-29-38(3)6-2)35-76-55-52(72)50(70)48(68)43(80-55)36-78-58(56(73)74)33-32-57(75,53(81-58)47(67)42(63)34-61)60-45(65)37-77-54-51(71)49(69)46(66)39(4)79-54/h27,30,38-43,46-55,61-63,66-72,75H,5-26,28-29,31-37H2,1-4H3,(H,59,64)(H,60,65)(H,73,74)/b30-27+/t38?,39?,40?,41-,42?,43?,46-,47?,48-,49?,50-,51?,52?,53?,54-,55-,57+,58-/m1/s1. The van der Waals surface area contributed by atoms with Crippen LogP contribution >= 0.6 is 0 Å². The summed E-state index contributed by atoms with van der Waals surface area (Å²) < 4.78 is 33.7. The molecule has 3 heterocycles. The van der Waals surface area contributed by atoms with Gasteiger partial charge in [-0.05, 0) is 32.1 Å². The van der Waals surface area contributed by atoms with Gasteiger partial charge in [-0.2, -0.15) is 0 Å². The number of aliphatic hydroxyl groups is 11. The molecule has 0 bridgehead atoms. The number of amides is 2. The summed E-state index contributed by atoms with van der Waals surface area (Å²) in [7, 11) is 0. The van der Waals surface area contributed by atoms with Crippen molar-refractivity contribution in [3.8, 4) is 0 Å². The van der Waals surface area contributed by atoms with E-state index in [2.05, 4.69) is 31.4 Å². The Morgan fingerprint density at radius 3 is 1.79 bits per heavy atom. The summed E-state index contributed by atoms with van der Waals surface area (Å²) in [5.41, 5.74) is -2.71. The highest BCUT2D eigenvalue weighted by atomic mass is 16.7. The summed E-state index contributed by atoms with van der Waals surface area (Å²) in [6, 6.07) is -1.06. The first-order valence-electron chi connectivity index (χ1n) is 30.5. The molecule has 3 aliphatic heterocycles. The van der Waals surface area contributed by atoms with Gasteiger partial charge in [0, 0.05) is 19.3 Å². The molecule has 23 heteroatoms. The Balaban J connectivity index is 1.64. The molecule has 0 aliphatic carbocycles. The van der Waals surface area contributed by atoms with Crippen LogP contribution < -0.4 is 10.6 Å². The molecule has 2 amide bonds. The average Bonchev–Trinajstić information content (AvgIpc) is 3.44. The Morgan fingerprint density at radius 2 is 1.22 bits per heavy atom. The van der Waals surface area contributed by atoms with E-state index >= 15 is 0 Å². The molecule has 3 saturated heterocycles. The zero-order chi connectivity index (χ0) is 60.0. The van der Waals surface area contributed by atoms with Gasteiger partial charge < -0.3 is 100 Å². The molecular formula is C58H106N2O21. The quantitative estimate of drug-likeness (QED) is 0.0237. The van der Waals surface area contributed by atoms with Crippen molar-refractivity contribution < 1.29 is 104 Å². The summed E-state index contributed by atoms with van der Waals surface area (Å²) >= 11 is 0. The lowest BCUT2D eigenvalue weighted by Gasteiger charge is -2.49. The minimum absolute atomic E-state index is 0.191. The lowest BCUT2D eigenvalue weighted by Crippen LogP contribution is -2.70. The summed E-state index contributed by atoms with van der Waals surface area (Å²) in [6.07, 6.45) is 4.59. The third-order valence-corrected chi connectivity index (χ3v) is 16.1. The van der Waals surface area contributed by atoms with Gasteiger partial charge in [0.1, 0.15) is 67.6 Å². The first-order valence-corrected chi connectivity index (χ1v) is 30.5. The molecule has 3 fully saturated rings. The maximum atomic E-state index is 13.4. The van der Waals surface area contributed by atoms with E-state index in [9.17, 15) is 75.7 Å². The largest absolute Gasteiger partial charge is 0.477 e. The number of ether oxygens (including phenoxy) is 6. The van der Waals surface area contributed by atoms with Gasteiger partial charge in [-0.3, -0.25) is 9.59 Å². The molecule has 10 unspecified atom stereocenters. The molecule has 0 spiro atoms. The molecule has 0 saturated carbocycles. The smallest absolute Gasteiger partial charge is 0.364 e. The Kier molecular flexibility index (Phi) is 35.2. The zero-order valence-electron chi connectivity index (χ0n) is 48.9. The molecule has 0 radical (unpaired) electrons. The highest BCUT2D eigenvalue weighted by molar-refractivity contribution is 5.78. The van der Waals surface area contributed by atoms with E-state index in [1.807, 2.05) is 6.08 Å². The minimum atomic E-state index is -2.84. The van der Waals surface area contributed by atoms with E-state index < -0.39 is 155 Å². The maximum absolute atomic E-state index is 13.4. The van der Waals surface area contributed by atoms with Gasteiger partial charge in [-0.1, -0.05) is 168 Å². The Bertz CT molecular complexity index is 1750. The van der Waals surface area contributed by atoms with E-state index in [0.29, 0.717) is 12.8 Å². The van der Waals surface area contributed by atoms with Gasteiger partial charge in [-0.25, -0.2) is 4.79 Å². The van der Waals surface area contributed by atoms with E-state index in [1.165, 1.54) is 96.8 Å². The lowest BCUT2D eigenvalue weighted by atomic mass is 9.87. The summed E-state index contributed by atoms with van der Waals surface area (Å²) in [6.45, 7) is 4.62. The SMILES string of the molecule is CCCCCCCCCCCCCCCCCC(=O)NC(CO[C@@H]1OC(CO[C@]2(C(=O)O)CC[C@@](O)(NC(=O)CO[C@@H]3OC(C)[C@@H](O)C(O)C3O)C(C(O)C(O)CO)O2)[C@@H](O)[C@@H](O)C1O)[C@H](O)/C=C/CCCCCCCCC(C)CC. The Morgan fingerprint density at radius 1 is 0.679 bits per heavy atom. The van der Waals surface area contributed by atoms with Crippen LogP contribution in [0.3, 0.4) is 0 Å². The van der Waals surface area contributed by atoms with Gasteiger partial charge >= 0.3 is 5.97 Å². The van der Waals surface area contributed by atoms with Crippen molar-refractivity contribution >= 4 is 17.8 Å². The van der Waals surface area contributed by atoms with Crippen LogP contribution in [0.15, 0.2) is 12.2 Å². The lowest BCUT2D eigenvalue weighted by molar-refractivity contribution is -0.351. The van der Waals surface area contributed by atoms with E-state index in [0.717, 1.165) is 57.3 Å². The predicted octanol–water partition coefficient (Wildman–Crippen LogP) is 2.98. The van der Waals surface area contributed by atoms with Crippen LogP contribution in [0, 0.1) is 5.92 Å². The normalized spacial score (nSPS) is 30.9. The number of allylic oxidation sites excluding steroid dienone is 1. The molecule has 0 aromatic heterocycles. The van der Waals surface area contributed by atoms with E-state index in [4.69, 9.17) is 28.4 Å². The number of nitrogens with one attached hydrogen (secondary N) is 2. The Hall–Kier alpha value is -2.53. The fraction of sp³-hybridized carbons (Fsp3) is 0.914. The van der Waals surface area contributed by atoms with Gasteiger partial charge in [0.2, 0.25) is 11.8 Å². The second-order valence-electron chi connectivity index (χ2n) is 23.0. The first kappa shape index (κ1) is 72.7. The van der Waals surface area contributed by atoms with E-state index in [-0.39, 0.29) is 12.3 Å². The number of carbonyl (C=O) groups is 3. The summed E-state index contributed by atoms with van der Waals surface area (Å²) in [5.74, 6) is -5.45. The van der Waals surface area contributed by atoms with Crippen LogP contribution in [0.25, 0.3) is 0 Å². The molecule has 3 aliphatic rings. The number of carboxylic acid groups (broad SMARTS) is 1. The number of carboxylic acids is 1. The molecule has 3 rings (SSSR count). The maximum Gasteiger partial charge on any atom is 0.364 e. The van der Waals surface area contributed by atoms with Crippen LogP contribution in [0.1, 0.15) is 201 Å². The highest BCUT2D eigenvalue weighted by Gasteiger charge is 2.59. The third-order valence-electron chi connectivity index (χ3n) is 16.1. The first-order chi connectivity index (χ1) is 38.6. The average molecular weight is 1170 g/mol. The second kappa shape index (κ2) is 39.2. The van der Waals surface area contributed by atoms with E-state index in [1.54, 1.807) is 6.08 Å². The number of unbranched alkanes of at least 4 members (excludes halogenated alkanes) is 20. The number of carbonyl (C=O) groups excluding carboxylic acids is 2. The molecule has 18 atom stereocenters. The van der Waals surface area contributed by atoms with Crippen molar-refractivity contribution in [3.05, 3.63) is 12.2 Å². The molecule has 81 heavy (non-hydrogen) atoms. The number of aliphatic hydroxyl groups excluding tert-OH is 10. The van der Waals surface area contributed by atoms with Crippen LogP contribution in [-0.4, -0.2) is 209 Å². The zero-order valence-corrected chi connectivity index (χ0v) is 48.9. The second-order valence-corrected chi connectivity index (χ2v) is 23.0. The molecule has 474 valence electrons. The molecule has 23 nitrogen and oxygen atoms in total. The molecule has 14 N–H and O–H groups in total.